The van der Waals surface area contributed by atoms with E-state index < -0.39 is 0 Å². The molecule has 26 heavy (non-hydrogen) atoms. The minimum atomic E-state index is -0.242. The normalized spacial score (nSPS) is 10.4. The average Bonchev–Trinajstić information content (AvgIpc) is 3.11. The van der Waals surface area contributed by atoms with Crippen molar-refractivity contribution in [2.24, 2.45) is 0 Å². The average molecular weight is 351 g/mol. The van der Waals surface area contributed by atoms with Crippen LogP contribution in [0.4, 0.5) is 0 Å². The molecule has 134 valence electrons. The molecule has 0 unspecified atom stereocenters. The van der Waals surface area contributed by atoms with Crippen molar-refractivity contribution in [3.05, 3.63) is 71.8 Å². The maximum atomic E-state index is 12.6. The fraction of sp³-hybridized carbons (Fsp3) is 0.200. The Morgan fingerprint density at radius 2 is 1.73 bits per heavy atom. The number of imidazole rings is 1. The summed E-state index contributed by atoms with van der Waals surface area (Å²) >= 11 is 0. The quantitative estimate of drug-likeness (QED) is 0.741. The van der Waals surface area contributed by atoms with Crippen molar-refractivity contribution in [2.75, 3.05) is 14.2 Å². The van der Waals surface area contributed by atoms with Crippen LogP contribution in [0.3, 0.4) is 0 Å². The predicted molar refractivity (Wildman–Crippen MR) is 99.0 cm³/mol. The van der Waals surface area contributed by atoms with Crippen molar-refractivity contribution in [2.45, 2.75) is 13.5 Å². The van der Waals surface area contributed by atoms with E-state index in [1.807, 2.05) is 42.0 Å². The Bertz CT molecular complexity index is 879. The number of nitrogens with one attached hydrogen (secondary N) is 1. The lowest BCUT2D eigenvalue weighted by atomic mass is 10.1. The maximum Gasteiger partial charge on any atom is 0.259 e. The summed E-state index contributed by atoms with van der Waals surface area (Å²) in [6, 6.07) is 13.2. The molecule has 0 saturated carbocycles. The Balaban J connectivity index is 1.72. The van der Waals surface area contributed by atoms with E-state index in [4.69, 9.17) is 9.47 Å². The molecule has 3 aromatic rings. The highest BCUT2D eigenvalue weighted by atomic mass is 16.5. The molecule has 1 N–H and O–H groups in total. The highest BCUT2D eigenvalue weighted by Crippen LogP contribution is 2.28. The summed E-state index contributed by atoms with van der Waals surface area (Å²) < 4.78 is 12.6. The van der Waals surface area contributed by atoms with Crippen LogP contribution in [0.1, 0.15) is 21.7 Å². The van der Waals surface area contributed by atoms with Crippen LogP contribution in [-0.4, -0.2) is 29.7 Å². The van der Waals surface area contributed by atoms with Gasteiger partial charge in [0.2, 0.25) is 0 Å². The van der Waals surface area contributed by atoms with E-state index >= 15 is 0 Å². The van der Waals surface area contributed by atoms with Gasteiger partial charge in [0.15, 0.2) is 0 Å². The van der Waals surface area contributed by atoms with Crippen LogP contribution in [0.25, 0.3) is 5.69 Å². The van der Waals surface area contributed by atoms with Crippen LogP contribution in [0, 0.1) is 6.92 Å². The minimum absolute atomic E-state index is 0.242. The number of hydrogen-bond acceptors (Lipinski definition) is 4. The van der Waals surface area contributed by atoms with Crippen molar-refractivity contribution < 1.29 is 14.3 Å². The number of aromatic nitrogens is 2. The molecular weight excluding hydrogens is 330 g/mol. The smallest absolute Gasteiger partial charge is 0.259 e. The molecule has 0 spiro atoms. The fourth-order valence-electron chi connectivity index (χ4n) is 2.77. The molecule has 6 heteroatoms. The van der Waals surface area contributed by atoms with Gasteiger partial charge in [-0.05, 0) is 36.8 Å². The Kier molecular flexibility index (Phi) is 5.22. The third-order valence-electron chi connectivity index (χ3n) is 4.15. The molecule has 0 aliphatic carbocycles. The molecular formula is C20H21N3O3. The lowest BCUT2D eigenvalue weighted by Gasteiger charge is -2.13. The zero-order valence-corrected chi connectivity index (χ0v) is 15.0. The maximum absolute atomic E-state index is 12.6. The number of aryl methyl sites for hydroxylation is 1. The van der Waals surface area contributed by atoms with E-state index in [0.717, 1.165) is 17.1 Å². The zero-order valence-electron chi connectivity index (χ0n) is 15.0. The second kappa shape index (κ2) is 7.74. The van der Waals surface area contributed by atoms with E-state index in [-0.39, 0.29) is 5.91 Å². The third kappa shape index (κ3) is 3.54. The largest absolute Gasteiger partial charge is 0.496 e. The van der Waals surface area contributed by atoms with E-state index in [1.165, 1.54) is 14.2 Å². The number of methoxy groups -OCH3 is 2. The molecule has 3 rings (SSSR count). The summed E-state index contributed by atoms with van der Waals surface area (Å²) in [6.45, 7) is 2.36. The first-order valence-corrected chi connectivity index (χ1v) is 8.22. The van der Waals surface area contributed by atoms with Crippen LogP contribution in [0.15, 0.2) is 54.9 Å². The van der Waals surface area contributed by atoms with Crippen LogP contribution in [0.2, 0.25) is 0 Å². The van der Waals surface area contributed by atoms with Gasteiger partial charge < -0.3 is 19.4 Å². The van der Waals surface area contributed by atoms with Gasteiger partial charge in [0.25, 0.3) is 5.91 Å². The first-order valence-electron chi connectivity index (χ1n) is 8.22. The Morgan fingerprint density at radius 1 is 1.08 bits per heavy atom. The van der Waals surface area contributed by atoms with E-state index in [0.29, 0.717) is 23.6 Å². The summed E-state index contributed by atoms with van der Waals surface area (Å²) in [5.74, 6) is 1.64. The number of hydrogen-bond donors (Lipinski definition) is 1. The monoisotopic (exact) mass is 351 g/mol. The van der Waals surface area contributed by atoms with Gasteiger partial charge >= 0.3 is 0 Å². The lowest BCUT2D eigenvalue weighted by Crippen LogP contribution is -2.24. The van der Waals surface area contributed by atoms with E-state index in [9.17, 15) is 4.79 Å². The zero-order chi connectivity index (χ0) is 18.5. The van der Waals surface area contributed by atoms with Gasteiger partial charge in [-0.15, -0.1) is 0 Å². The number of carbonyl (C=O) groups excluding carboxylic acids is 1. The number of carbonyl (C=O) groups is 1. The number of benzene rings is 2. The highest BCUT2D eigenvalue weighted by Gasteiger charge is 2.17. The summed E-state index contributed by atoms with van der Waals surface area (Å²) in [5.41, 5.74) is 2.42. The standard InChI is InChI=1S/C20H21N3O3/c1-14-21-11-12-23(14)16-9-7-15(8-10-16)13-22-20(24)19-17(25-2)5-4-6-18(19)26-3/h4-12H,13H2,1-3H3,(H,22,24). The number of ether oxygens (including phenoxy) is 2. The van der Waals surface area contributed by atoms with Crippen LogP contribution < -0.4 is 14.8 Å². The molecule has 0 atom stereocenters. The number of nitrogens with zero attached hydrogens (tertiary/aromatic N) is 2. The van der Waals surface area contributed by atoms with Gasteiger partial charge in [-0.25, -0.2) is 4.98 Å². The van der Waals surface area contributed by atoms with Crippen LogP contribution >= 0.6 is 0 Å². The Morgan fingerprint density at radius 3 is 2.27 bits per heavy atom. The summed E-state index contributed by atoms with van der Waals surface area (Å²) in [7, 11) is 3.06. The van der Waals surface area contributed by atoms with Gasteiger partial charge in [-0.3, -0.25) is 4.79 Å². The van der Waals surface area contributed by atoms with E-state index in [1.54, 1.807) is 24.4 Å². The Labute approximate surface area is 152 Å². The Hall–Kier alpha value is -3.28. The van der Waals surface area contributed by atoms with Gasteiger partial charge in [-0.1, -0.05) is 18.2 Å². The van der Waals surface area contributed by atoms with Crippen molar-refractivity contribution >= 4 is 5.91 Å². The summed E-state index contributed by atoms with van der Waals surface area (Å²) in [4.78, 5) is 16.8. The van der Waals surface area contributed by atoms with Crippen molar-refractivity contribution in [1.29, 1.82) is 0 Å². The molecule has 6 nitrogen and oxygen atoms in total. The second-order valence-corrected chi connectivity index (χ2v) is 5.73. The third-order valence-corrected chi connectivity index (χ3v) is 4.15. The molecule has 0 radical (unpaired) electrons. The fourth-order valence-corrected chi connectivity index (χ4v) is 2.77. The lowest BCUT2D eigenvalue weighted by molar-refractivity contribution is 0.0944. The van der Waals surface area contributed by atoms with Crippen molar-refractivity contribution in [3.8, 4) is 17.2 Å². The predicted octanol–water partition coefficient (Wildman–Crippen LogP) is 3.13. The van der Waals surface area contributed by atoms with Crippen molar-refractivity contribution in [1.82, 2.24) is 14.9 Å². The van der Waals surface area contributed by atoms with Crippen molar-refractivity contribution in [3.63, 3.8) is 0 Å². The molecule has 0 aliphatic heterocycles. The highest BCUT2D eigenvalue weighted by molar-refractivity contribution is 5.99. The number of rotatable bonds is 6. The van der Waals surface area contributed by atoms with Gasteiger partial charge in [0.05, 0.1) is 14.2 Å². The first kappa shape index (κ1) is 17.5. The topological polar surface area (TPSA) is 65.4 Å². The van der Waals surface area contributed by atoms with E-state index in [2.05, 4.69) is 10.3 Å². The molecule has 0 fully saturated rings. The van der Waals surface area contributed by atoms with Gasteiger partial charge in [0, 0.05) is 24.6 Å². The number of amides is 1. The summed E-state index contributed by atoms with van der Waals surface area (Å²) in [5, 5.41) is 2.91. The molecule has 0 aliphatic rings. The van der Waals surface area contributed by atoms with Gasteiger partial charge in [0.1, 0.15) is 22.9 Å². The molecule has 1 heterocycles. The second-order valence-electron chi connectivity index (χ2n) is 5.73. The van der Waals surface area contributed by atoms with Gasteiger partial charge in [-0.2, -0.15) is 0 Å². The molecule has 0 bridgehead atoms. The minimum Gasteiger partial charge on any atom is -0.496 e. The summed E-state index contributed by atoms with van der Waals surface area (Å²) in [6.07, 6.45) is 3.68. The molecule has 0 saturated heterocycles. The van der Waals surface area contributed by atoms with Crippen LogP contribution in [0.5, 0.6) is 11.5 Å². The van der Waals surface area contributed by atoms with Crippen LogP contribution in [-0.2, 0) is 6.54 Å². The first-order chi connectivity index (χ1) is 12.6. The SMILES string of the molecule is COc1cccc(OC)c1C(=O)NCc1ccc(-n2ccnc2C)cc1. The molecule has 1 amide bonds. The molecule has 1 aromatic heterocycles. The molecule has 2 aromatic carbocycles.